The highest BCUT2D eigenvalue weighted by atomic mass is 15.2. The molecule has 3 heteroatoms. The summed E-state index contributed by atoms with van der Waals surface area (Å²) in [5.41, 5.74) is 4.80. The van der Waals surface area contributed by atoms with Crippen LogP contribution in [-0.2, 0) is 12.8 Å². The van der Waals surface area contributed by atoms with Gasteiger partial charge in [0.15, 0.2) is 0 Å². The van der Waals surface area contributed by atoms with Crippen LogP contribution in [0.15, 0.2) is 18.2 Å². The van der Waals surface area contributed by atoms with Crippen molar-refractivity contribution >= 4 is 0 Å². The third kappa shape index (κ3) is 3.68. The number of likely N-dealkylation sites (tertiary alicyclic amines) is 1. The van der Waals surface area contributed by atoms with E-state index in [1.807, 2.05) is 0 Å². The number of hydrogen-bond acceptors (Lipinski definition) is 3. The third-order valence-electron chi connectivity index (χ3n) is 6.41. The van der Waals surface area contributed by atoms with Gasteiger partial charge in [-0.15, -0.1) is 0 Å². The van der Waals surface area contributed by atoms with E-state index in [2.05, 4.69) is 40.2 Å². The molecule has 3 nitrogen and oxygen atoms in total. The number of piperazine rings is 1. The van der Waals surface area contributed by atoms with Gasteiger partial charge in [-0.2, -0.15) is 0 Å². The number of piperidine rings is 1. The number of fused-ring (bicyclic) bond motifs is 1. The predicted octanol–water partition coefficient (Wildman–Crippen LogP) is 2.85. The largest absolute Gasteiger partial charge is 0.314 e. The van der Waals surface area contributed by atoms with Gasteiger partial charge < -0.3 is 5.32 Å². The average molecular weight is 328 g/mol. The molecule has 0 aromatic heterocycles. The number of nitrogens with zero attached hydrogens (tertiary/aromatic N) is 2. The Morgan fingerprint density at radius 3 is 2.58 bits per heavy atom. The fraction of sp³-hybridized carbons (Fsp3) is 0.714. The molecule has 1 N–H and O–H groups in total. The minimum atomic E-state index is 0.585. The Balaban J connectivity index is 1.54. The van der Waals surface area contributed by atoms with E-state index < -0.39 is 0 Å². The number of aryl methyl sites for hydroxylation is 2. The van der Waals surface area contributed by atoms with Gasteiger partial charge in [-0.25, -0.2) is 0 Å². The van der Waals surface area contributed by atoms with Gasteiger partial charge in [0.05, 0.1) is 0 Å². The molecule has 0 spiro atoms. The van der Waals surface area contributed by atoms with Crippen LogP contribution in [0.3, 0.4) is 0 Å². The maximum Gasteiger partial charge on any atom is 0.0475 e. The molecule has 1 unspecified atom stereocenters. The summed E-state index contributed by atoms with van der Waals surface area (Å²) in [6, 6.07) is 8.00. The molecule has 0 bridgehead atoms. The first kappa shape index (κ1) is 16.6. The zero-order chi connectivity index (χ0) is 16.4. The highest BCUT2D eigenvalue weighted by Crippen LogP contribution is 2.31. The standard InChI is InChI=1S/C21H33N3/c1-17-7-11-24(12-8-17)21(16-23-13-9-22-10-14-23)20-6-5-18-3-2-4-19(18)15-20/h5-6,15,17,21-22H,2-4,7-14,16H2,1H3. The second-order valence-electron chi connectivity index (χ2n) is 8.17. The molecule has 2 fully saturated rings. The maximum atomic E-state index is 3.49. The summed E-state index contributed by atoms with van der Waals surface area (Å²) in [7, 11) is 0. The second-order valence-corrected chi connectivity index (χ2v) is 8.17. The molecule has 3 aliphatic rings. The molecule has 2 saturated heterocycles. The molecule has 0 amide bonds. The van der Waals surface area contributed by atoms with Gasteiger partial charge in [0.25, 0.3) is 0 Å². The van der Waals surface area contributed by atoms with E-state index in [1.165, 1.54) is 64.8 Å². The molecule has 4 rings (SSSR count). The summed E-state index contributed by atoms with van der Waals surface area (Å²) in [6.07, 6.45) is 6.66. The van der Waals surface area contributed by atoms with Crippen molar-refractivity contribution in [2.75, 3.05) is 45.8 Å². The molecule has 1 atom stereocenters. The first-order valence-electron chi connectivity index (χ1n) is 10.1. The molecular formula is C21H33N3. The van der Waals surface area contributed by atoms with Crippen LogP contribution in [0.4, 0.5) is 0 Å². The predicted molar refractivity (Wildman–Crippen MR) is 100 cm³/mol. The van der Waals surface area contributed by atoms with Crippen molar-refractivity contribution in [3.05, 3.63) is 34.9 Å². The van der Waals surface area contributed by atoms with E-state index in [0.29, 0.717) is 6.04 Å². The van der Waals surface area contributed by atoms with Crippen LogP contribution in [0.25, 0.3) is 0 Å². The summed E-state index contributed by atoms with van der Waals surface area (Å²) in [5.74, 6) is 0.904. The Kier molecular flexibility index (Phi) is 5.21. The smallest absolute Gasteiger partial charge is 0.0475 e. The minimum absolute atomic E-state index is 0.585. The van der Waals surface area contributed by atoms with Gasteiger partial charge >= 0.3 is 0 Å². The Morgan fingerprint density at radius 2 is 1.79 bits per heavy atom. The molecular weight excluding hydrogens is 294 g/mol. The summed E-state index contributed by atoms with van der Waals surface area (Å²) >= 11 is 0. The SMILES string of the molecule is CC1CCN(C(CN2CCNCC2)c2ccc3c(c2)CCC3)CC1. The minimum Gasteiger partial charge on any atom is -0.314 e. The van der Waals surface area contributed by atoms with Crippen molar-refractivity contribution in [2.24, 2.45) is 5.92 Å². The molecule has 2 heterocycles. The van der Waals surface area contributed by atoms with Crippen molar-refractivity contribution in [1.29, 1.82) is 0 Å². The van der Waals surface area contributed by atoms with Crippen LogP contribution in [-0.4, -0.2) is 55.6 Å². The van der Waals surface area contributed by atoms with Crippen molar-refractivity contribution < 1.29 is 0 Å². The fourth-order valence-electron chi connectivity index (χ4n) is 4.71. The first-order chi connectivity index (χ1) is 11.8. The lowest BCUT2D eigenvalue weighted by molar-refractivity contribution is 0.0969. The topological polar surface area (TPSA) is 18.5 Å². The van der Waals surface area contributed by atoms with Crippen LogP contribution in [0.2, 0.25) is 0 Å². The Labute approximate surface area is 147 Å². The quantitative estimate of drug-likeness (QED) is 0.917. The summed E-state index contributed by atoms with van der Waals surface area (Å²) in [4.78, 5) is 5.45. The van der Waals surface area contributed by atoms with Crippen molar-refractivity contribution in [3.8, 4) is 0 Å². The normalized spacial score (nSPS) is 24.9. The molecule has 1 aliphatic carbocycles. The highest BCUT2D eigenvalue weighted by molar-refractivity contribution is 5.36. The van der Waals surface area contributed by atoms with E-state index in [1.54, 1.807) is 16.7 Å². The average Bonchev–Trinajstić information content (AvgIpc) is 3.09. The van der Waals surface area contributed by atoms with Gasteiger partial charge in [-0.3, -0.25) is 9.80 Å². The number of rotatable bonds is 4. The van der Waals surface area contributed by atoms with E-state index in [0.717, 1.165) is 19.0 Å². The zero-order valence-corrected chi connectivity index (χ0v) is 15.3. The highest BCUT2D eigenvalue weighted by Gasteiger charge is 2.27. The summed E-state index contributed by atoms with van der Waals surface area (Å²) in [6.45, 7) is 10.9. The van der Waals surface area contributed by atoms with Crippen molar-refractivity contribution in [1.82, 2.24) is 15.1 Å². The van der Waals surface area contributed by atoms with E-state index in [-0.39, 0.29) is 0 Å². The van der Waals surface area contributed by atoms with Gasteiger partial charge in [0.2, 0.25) is 0 Å². The Bertz CT molecular complexity index is 542. The number of nitrogens with one attached hydrogen (secondary N) is 1. The van der Waals surface area contributed by atoms with Crippen molar-refractivity contribution in [3.63, 3.8) is 0 Å². The number of hydrogen-bond donors (Lipinski definition) is 1. The molecule has 2 aliphatic heterocycles. The third-order valence-corrected chi connectivity index (χ3v) is 6.41. The number of benzene rings is 1. The second kappa shape index (κ2) is 7.55. The van der Waals surface area contributed by atoms with Crippen LogP contribution in [0, 0.1) is 5.92 Å². The molecule has 132 valence electrons. The lowest BCUT2D eigenvalue weighted by atomic mass is 9.94. The van der Waals surface area contributed by atoms with E-state index in [9.17, 15) is 0 Å². The lowest BCUT2D eigenvalue weighted by Crippen LogP contribution is -2.48. The van der Waals surface area contributed by atoms with Crippen molar-refractivity contribution in [2.45, 2.75) is 45.1 Å². The first-order valence-corrected chi connectivity index (χ1v) is 10.1. The lowest BCUT2D eigenvalue weighted by Gasteiger charge is -2.40. The van der Waals surface area contributed by atoms with Crippen LogP contribution in [0.5, 0.6) is 0 Å². The van der Waals surface area contributed by atoms with Gasteiger partial charge in [-0.05, 0) is 67.8 Å². The maximum absolute atomic E-state index is 3.49. The molecule has 0 radical (unpaired) electrons. The molecule has 1 aromatic carbocycles. The fourth-order valence-corrected chi connectivity index (χ4v) is 4.71. The molecule has 24 heavy (non-hydrogen) atoms. The summed E-state index contributed by atoms with van der Waals surface area (Å²) in [5, 5.41) is 3.49. The van der Waals surface area contributed by atoms with Crippen LogP contribution >= 0.6 is 0 Å². The Morgan fingerprint density at radius 1 is 1.04 bits per heavy atom. The van der Waals surface area contributed by atoms with Crippen LogP contribution < -0.4 is 5.32 Å². The zero-order valence-electron chi connectivity index (χ0n) is 15.3. The van der Waals surface area contributed by atoms with Crippen LogP contribution in [0.1, 0.15) is 48.9 Å². The monoisotopic (exact) mass is 327 g/mol. The Hall–Kier alpha value is -0.900. The van der Waals surface area contributed by atoms with E-state index >= 15 is 0 Å². The van der Waals surface area contributed by atoms with Gasteiger partial charge in [-0.1, -0.05) is 25.1 Å². The van der Waals surface area contributed by atoms with Gasteiger partial charge in [0.1, 0.15) is 0 Å². The van der Waals surface area contributed by atoms with E-state index in [4.69, 9.17) is 0 Å². The van der Waals surface area contributed by atoms with Gasteiger partial charge in [0, 0.05) is 38.8 Å². The molecule has 0 saturated carbocycles. The molecule has 1 aromatic rings. The summed E-state index contributed by atoms with van der Waals surface area (Å²) < 4.78 is 0.